The van der Waals surface area contributed by atoms with Crippen molar-refractivity contribution in [2.45, 2.75) is 6.42 Å². The molecule has 1 aliphatic rings. The van der Waals surface area contributed by atoms with Crippen molar-refractivity contribution in [1.82, 2.24) is 5.32 Å². The van der Waals surface area contributed by atoms with Gasteiger partial charge >= 0.3 is 0 Å². The Labute approximate surface area is 83.3 Å². The van der Waals surface area contributed by atoms with Gasteiger partial charge in [0.2, 0.25) is 5.91 Å². The highest BCUT2D eigenvalue weighted by molar-refractivity contribution is 5.82. The van der Waals surface area contributed by atoms with Crippen molar-refractivity contribution in [3.05, 3.63) is 35.9 Å². The van der Waals surface area contributed by atoms with Crippen LogP contribution in [0.4, 0.5) is 0 Å². The van der Waals surface area contributed by atoms with Crippen LogP contribution in [-0.4, -0.2) is 19.0 Å². The van der Waals surface area contributed by atoms with Crippen molar-refractivity contribution in [3.63, 3.8) is 0 Å². The number of hydrogen-bond donors (Lipinski definition) is 2. The summed E-state index contributed by atoms with van der Waals surface area (Å²) in [7, 11) is 0. The minimum Gasteiger partial charge on any atom is -0.369 e. The largest absolute Gasteiger partial charge is 0.369 e. The molecule has 0 spiro atoms. The fourth-order valence-corrected chi connectivity index (χ4v) is 1.80. The van der Waals surface area contributed by atoms with E-state index in [0.29, 0.717) is 13.1 Å². The molecule has 0 atom stereocenters. The Bertz CT molecular complexity index is 330. The number of rotatable bonds is 3. The summed E-state index contributed by atoms with van der Waals surface area (Å²) in [5.41, 5.74) is 6.23. The van der Waals surface area contributed by atoms with E-state index in [0.717, 1.165) is 6.42 Å². The van der Waals surface area contributed by atoms with Gasteiger partial charge in [-0.1, -0.05) is 30.3 Å². The molecule has 0 aromatic heterocycles. The van der Waals surface area contributed by atoms with Crippen LogP contribution in [0.15, 0.2) is 30.3 Å². The predicted octanol–water partition coefficient (Wildman–Crippen LogP) is 0.304. The fourth-order valence-electron chi connectivity index (χ4n) is 1.80. The maximum atomic E-state index is 11.3. The summed E-state index contributed by atoms with van der Waals surface area (Å²) < 4.78 is 0. The zero-order valence-electron chi connectivity index (χ0n) is 7.99. The minimum absolute atomic E-state index is 0.194. The summed E-state index contributed by atoms with van der Waals surface area (Å²) in [5.74, 6) is -0.194. The Balaban J connectivity index is 2.13. The number of primary amides is 1. The second-order valence-corrected chi connectivity index (χ2v) is 3.91. The fraction of sp³-hybridized carbons (Fsp3) is 0.364. The molecule has 74 valence electrons. The Morgan fingerprint density at radius 1 is 1.36 bits per heavy atom. The van der Waals surface area contributed by atoms with Gasteiger partial charge in [-0.3, -0.25) is 4.79 Å². The van der Waals surface area contributed by atoms with Crippen LogP contribution >= 0.6 is 0 Å². The average Bonchev–Trinajstić information content (AvgIpc) is 2.12. The second kappa shape index (κ2) is 3.42. The Kier molecular flexibility index (Phi) is 2.25. The molecular formula is C11H14N2O. The molecule has 0 bridgehead atoms. The van der Waals surface area contributed by atoms with Gasteiger partial charge in [0.15, 0.2) is 0 Å². The highest BCUT2D eigenvalue weighted by Gasteiger charge is 2.42. The van der Waals surface area contributed by atoms with Gasteiger partial charge in [-0.2, -0.15) is 0 Å². The van der Waals surface area contributed by atoms with Crippen molar-refractivity contribution in [3.8, 4) is 0 Å². The molecule has 0 unspecified atom stereocenters. The van der Waals surface area contributed by atoms with Gasteiger partial charge in [0.1, 0.15) is 0 Å². The van der Waals surface area contributed by atoms with Crippen molar-refractivity contribution in [2.75, 3.05) is 13.1 Å². The molecule has 1 aromatic carbocycles. The molecule has 0 radical (unpaired) electrons. The molecule has 3 nitrogen and oxygen atoms in total. The number of nitrogens with one attached hydrogen (secondary N) is 1. The van der Waals surface area contributed by atoms with Crippen molar-refractivity contribution < 1.29 is 4.79 Å². The minimum atomic E-state index is -0.346. The van der Waals surface area contributed by atoms with Gasteiger partial charge in [-0.05, 0) is 12.0 Å². The number of carbonyl (C=O) groups is 1. The topological polar surface area (TPSA) is 55.1 Å². The van der Waals surface area contributed by atoms with E-state index in [-0.39, 0.29) is 11.3 Å². The molecule has 0 saturated carbocycles. The zero-order chi connectivity index (χ0) is 10.0. The zero-order valence-corrected chi connectivity index (χ0v) is 7.99. The summed E-state index contributed by atoms with van der Waals surface area (Å²) in [5, 5.41) is 3.10. The normalized spacial score (nSPS) is 18.6. The summed E-state index contributed by atoms with van der Waals surface area (Å²) in [4.78, 5) is 11.3. The molecule has 1 amide bonds. The third-order valence-corrected chi connectivity index (χ3v) is 2.83. The SMILES string of the molecule is NC(=O)C1(Cc2ccccc2)CNC1. The van der Waals surface area contributed by atoms with Gasteiger partial charge in [-0.15, -0.1) is 0 Å². The molecule has 2 rings (SSSR count). The molecular weight excluding hydrogens is 176 g/mol. The summed E-state index contributed by atoms with van der Waals surface area (Å²) in [6, 6.07) is 10.00. The van der Waals surface area contributed by atoms with E-state index >= 15 is 0 Å². The first-order chi connectivity index (χ1) is 6.73. The van der Waals surface area contributed by atoms with Gasteiger partial charge < -0.3 is 11.1 Å². The summed E-state index contributed by atoms with van der Waals surface area (Å²) >= 11 is 0. The van der Waals surface area contributed by atoms with Crippen LogP contribution in [-0.2, 0) is 11.2 Å². The monoisotopic (exact) mass is 190 g/mol. The van der Waals surface area contributed by atoms with Gasteiger partial charge in [0.05, 0.1) is 5.41 Å². The molecule has 1 aromatic rings. The Morgan fingerprint density at radius 3 is 2.43 bits per heavy atom. The third-order valence-electron chi connectivity index (χ3n) is 2.83. The van der Waals surface area contributed by atoms with Crippen LogP contribution in [0.25, 0.3) is 0 Å². The Hall–Kier alpha value is -1.35. The van der Waals surface area contributed by atoms with Crippen molar-refractivity contribution in [1.29, 1.82) is 0 Å². The van der Waals surface area contributed by atoms with Crippen LogP contribution in [0.5, 0.6) is 0 Å². The van der Waals surface area contributed by atoms with Gasteiger partial charge in [0, 0.05) is 13.1 Å². The number of carbonyl (C=O) groups excluding carboxylic acids is 1. The number of amides is 1. The van der Waals surface area contributed by atoms with E-state index in [1.165, 1.54) is 5.56 Å². The van der Waals surface area contributed by atoms with Crippen LogP contribution < -0.4 is 11.1 Å². The molecule has 1 aliphatic heterocycles. The number of hydrogen-bond acceptors (Lipinski definition) is 2. The van der Waals surface area contributed by atoms with E-state index < -0.39 is 0 Å². The number of nitrogens with two attached hydrogens (primary N) is 1. The summed E-state index contributed by atoms with van der Waals surface area (Å²) in [6.45, 7) is 1.41. The molecule has 3 heteroatoms. The van der Waals surface area contributed by atoms with E-state index in [1.54, 1.807) is 0 Å². The Morgan fingerprint density at radius 2 is 2.00 bits per heavy atom. The van der Waals surface area contributed by atoms with Crippen LogP contribution in [0.2, 0.25) is 0 Å². The van der Waals surface area contributed by atoms with Crippen LogP contribution in [0, 0.1) is 5.41 Å². The predicted molar refractivity (Wildman–Crippen MR) is 54.6 cm³/mol. The van der Waals surface area contributed by atoms with Crippen molar-refractivity contribution >= 4 is 5.91 Å². The number of benzene rings is 1. The third kappa shape index (κ3) is 1.51. The van der Waals surface area contributed by atoms with E-state index in [4.69, 9.17) is 5.73 Å². The smallest absolute Gasteiger partial charge is 0.226 e. The molecule has 1 saturated heterocycles. The molecule has 1 fully saturated rings. The van der Waals surface area contributed by atoms with Crippen LogP contribution in [0.3, 0.4) is 0 Å². The lowest BCUT2D eigenvalue weighted by Gasteiger charge is -2.39. The standard InChI is InChI=1S/C11H14N2O/c12-10(14)11(7-13-8-11)6-9-4-2-1-3-5-9/h1-5,13H,6-8H2,(H2,12,14). The van der Waals surface area contributed by atoms with Crippen molar-refractivity contribution in [2.24, 2.45) is 11.1 Å². The quantitative estimate of drug-likeness (QED) is 0.720. The van der Waals surface area contributed by atoms with E-state index in [2.05, 4.69) is 5.32 Å². The first kappa shape index (κ1) is 9.21. The lowest BCUT2D eigenvalue weighted by atomic mass is 9.76. The van der Waals surface area contributed by atoms with Gasteiger partial charge in [0.25, 0.3) is 0 Å². The lowest BCUT2D eigenvalue weighted by Crippen LogP contribution is -2.61. The molecule has 0 aliphatic carbocycles. The van der Waals surface area contributed by atoms with Gasteiger partial charge in [-0.25, -0.2) is 0 Å². The van der Waals surface area contributed by atoms with Crippen LogP contribution in [0.1, 0.15) is 5.56 Å². The van der Waals surface area contributed by atoms with E-state index in [9.17, 15) is 4.79 Å². The first-order valence-electron chi connectivity index (χ1n) is 4.77. The molecule has 14 heavy (non-hydrogen) atoms. The lowest BCUT2D eigenvalue weighted by molar-refractivity contribution is -0.130. The maximum absolute atomic E-state index is 11.3. The molecule has 1 heterocycles. The molecule has 3 N–H and O–H groups in total. The average molecular weight is 190 g/mol. The first-order valence-corrected chi connectivity index (χ1v) is 4.77. The summed E-state index contributed by atoms with van der Waals surface area (Å²) in [6.07, 6.45) is 0.746. The second-order valence-electron chi connectivity index (χ2n) is 3.91. The highest BCUT2D eigenvalue weighted by atomic mass is 16.1. The maximum Gasteiger partial charge on any atom is 0.226 e. The van der Waals surface area contributed by atoms with E-state index in [1.807, 2.05) is 30.3 Å². The highest BCUT2D eigenvalue weighted by Crippen LogP contribution is 2.26.